The van der Waals surface area contributed by atoms with Gasteiger partial charge in [-0.05, 0) is 46.3 Å². The van der Waals surface area contributed by atoms with Crippen molar-refractivity contribution in [2.24, 2.45) is 0 Å². The van der Waals surface area contributed by atoms with Gasteiger partial charge in [0.1, 0.15) is 0 Å². The van der Waals surface area contributed by atoms with E-state index in [1.807, 2.05) is 6.07 Å². The molecule has 0 radical (unpaired) electrons. The molecule has 1 saturated carbocycles. The van der Waals surface area contributed by atoms with Gasteiger partial charge in [0.05, 0.1) is 24.1 Å². The number of aliphatic carboxylic acids is 1. The Morgan fingerprint density at radius 2 is 1.77 bits per heavy atom. The summed E-state index contributed by atoms with van der Waals surface area (Å²) >= 11 is 3.50. The van der Waals surface area contributed by atoms with Crippen molar-refractivity contribution in [1.82, 2.24) is 0 Å². The maximum atomic E-state index is 12.1. The summed E-state index contributed by atoms with van der Waals surface area (Å²) in [5.74, 6) is 0.651. The molecule has 1 aliphatic carbocycles. The molecule has 0 heterocycles. The van der Waals surface area contributed by atoms with Gasteiger partial charge < -0.3 is 14.6 Å². The summed E-state index contributed by atoms with van der Waals surface area (Å²) in [6, 6.07) is 1.91. The number of rotatable bonds is 5. The molecule has 22 heavy (non-hydrogen) atoms. The van der Waals surface area contributed by atoms with Gasteiger partial charge in [-0.15, -0.1) is 0 Å². The molecule has 0 aromatic heterocycles. The Balaban J connectivity index is 2.80. The molecule has 0 unspecified atom stereocenters. The minimum atomic E-state index is -0.818. The zero-order valence-electron chi connectivity index (χ0n) is 13.5. The average Bonchev–Trinajstić information content (AvgIpc) is 2.96. The Bertz CT molecular complexity index is 575. The lowest BCUT2D eigenvalue weighted by Crippen LogP contribution is -2.34. The van der Waals surface area contributed by atoms with E-state index in [0.717, 1.165) is 28.4 Å². The third-order valence-corrected chi connectivity index (χ3v) is 5.19. The standard InChI is InChI=1S/C17H23BrO4/c1-10(2)13-11(17(16(19)20)7-5-6-8-17)9-12(18)14(21-3)15(13)22-4/h9-10H,5-8H2,1-4H3,(H,19,20). The molecule has 1 aromatic rings. The van der Waals surface area contributed by atoms with E-state index in [1.165, 1.54) is 0 Å². The number of carboxylic acid groups (broad SMARTS) is 1. The van der Waals surface area contributed by atoms with E-state index in [0.29, 0.717) is 24.3 Å². The highest BCUT2D eigenvalue weighted by Gasteiger charge is 2.45. The van der Waals surface area contributed by atoms with Crippen LogP contribution in [0.25, 0.3) is 0 Å². The molecule has 0 atom stereocenters. The Labute approximate surface area is 139 Å². The predicted molar refractivity (Wildman–Crippen MR) is 89.1 cm³/mol. The summed E-state index contributed by atoms with van der Waals surface area (Å²) in [5, 5.41) is 9.92. The van der Waals surface area contributed by atoms with E-state index in [-0.39, 0.29) is 5.92 Å². The van der Waals surface area contributed by atoms with Gasteiger partial charge in [0.15, 0.2) is 11.5 Å². The van der Waals surface area contributed by atoms with Crippen LogP contribution >= 0.6 is 15.9 Å². The van der Waals surface area contributed by atoms with Crippen LogP contribution in [0.3, 0.4) is 0 Å². The van der Waals surface area contributed by atoms with Gasteiger partial charge >= 0.3 is 5.97 Å². The van der Waals surface area contributed by atoms with Crippen molar-refractivity contribution in [2.75, 3.05) is 14.2 Å². The summed E-state index contributed by atoms with van der Waals surface area (Å²) in [4.78, 5) is 12.1. The summed E-state index contributed by atoms with van der Waals surface area (Å²) in [6.07, 6.45) is 3.22. The first-order valence-corrected chi connectivity index (χ1v) is 8.36. The second-order valence-electron chi connectivity index (χ2n) is 6.14. The van der Waals surface area contributed by atoms with Gasteiger partial charge in [-0.3, -0.25) is 4.79 Å². The van der Waals surface area contributed by atoms with Crippen molar-refractivity contribution in [3.8, 4) is 11.5 Å². The van der Waals surface area contributed by atoms with Crippen LogP contribution in [-0.4, -0.2) is 25.3 Å². The van der Waals surface area contributed by atoms with Crippen LogP contribution in [0.1, 0.15) is 56.6 Å². The third-order valence-electron chi connectivity index (χ3n) is 4.60. The lowest BCUT2D eigenvalue weighted by Gasteiger charge is -2.30. The summed E-state index contributed by atoms with van der Waals surface area (Å²) in [6.45, 7) is 4.11. The fraction of sp³-hybridized carbons (Fsp3) is 0.588. The number of hydrogen-bond donors (Lipinski definition) is 1. The van der Waals surface area contributed by atoms with Crippen molar-refractivity contribution in [3.63, 3.8) is 0 Å². The molecule has 2 rings (SSSR count). The third kappa shape index (κ3) is 2.60. The fourth-order valence-electron chi connectivity index (χ4n) is 3.56. The maximum absolute atomic E-state index is 12.1. The summed E-state index contributed by atoms with van der Waals surface area (Å²) < 4.78 is 11.8. The zero-order chi connectivity index (χ0) is 16.5. The molecule has 0 bridgehead atoms. The van der Waals surface area contributed by atoms with Crippen LogP contribution in [-0.2, 0) is 10.2 Å². The van der Waals surface area contributed by atoms with Crippen LogP contribution in [0, 0.1) is 0 Å². The van der Waals surface area contributed by atoms with Gasteiger partial charge in [-0.1, -0.05) is 26.7 Å². The Kier molecular flexibility index (Phi) is 5.05. The highest BCUT2D eigenvalue weighted by atomic mass is 79.9. The second kappa shape index (κ2) is 6.49. The zero-order valence-corrected chi connectivity index (χ0v) is 15.1. The maximum Gasteiger partial charge on any atom is 0.314 e. The Morgan fingerprint density at radius 3 is 2.18 bits per heavy atom. The molecule has 0 amide bonds. The summed E-state index contributed by atoms with van der Waals surface area (Å²) in [5.41, 5.74) is 0.977. The van der Waals surface area contributed by atoms with Gasteiger partial charge in [-0.25, -0.2) is 0 Å². The number of carboxylic acids is 1. The summed E-state index contributed by atoms with van der Waals surface area (Å²) in [7, 11) is 3.19. The minimum Gasteiger partial charge on any atom is -0.493 e. The highest BCUT2D eigenvalue weighted by molar-refractivity contribution is 9.10. The molecule has 0 aliphatic heterocycles. The second-order valence-corrected chi connectivity index (χ2v) is 6.99. The molecular formula is C17H23BrO4. The van der Waals surface area contributed by atoms with E-state index in [9.17, 15) is 9.90 Å². The molecule has 0 saturated heterocycles. The fourth-order valence-corrected chi connectivity index (χ4v) is 4.13. The van der Waals surface area contributed by atoms with Gasteiger partial charge in [-0.2, -0.15) is 0 Å². The van der Waals surface area contributed by atoms with Crippen LogP contribution in [0.4, 0.5) is 0 Å². The molecule has 1 aromatic carbocycles. The molecule has 122 valence electrons. The normalized spacial score (nSPS) is 16.8. The number of benzene rings is 1. The van der Waals surface area contributed by atoms with Crippen molar-refractivity contribution >= 4 is 21.9 Å². The van der Waals surface area contributed by atoms with Gasteiger partial charge in [0.25, 0.3) is 0 Å². The molecule has 1 N–H and O–H groups in total. The first-order chi connectivity index (χ1) is 10.4. The number of hydrogen-bond acceptors (Lipinski definition) is 3. The molecule has 4 nitrogen and oxygen atoms in total. The van der Waals surface area contributed by atoms with E-state index in [2.05, 4.69) is 29.8 Å². The predicted octanol–water partition coefficient (Wildman–Crippen LogP) is 4.49. The van der Waals surface area contributed by atoms with Crippen molar-refractivity contribution in [1.29, 1.82) is 0 Å². The van der Waals surface area contributed by atoms with Gasteiger partial charge in [0, 0.05) is 5.56 Å². The van der Waals surface area contributed by atoms with Crippen molar-refractivity contribution in [2.45, 2.75) is 50.9 Å². The largest absolute Gasteiger partial charge is 0.493 e. The molecule has 0 spiro atoms. The SMILES string of the molecule is COc1c(Br)cc(C2(C(=O)O)CCCC2)c(C(C)C)c1OC. The molecule has 1 fully saturated rings. The lowest BCUT2D eigenvalue weighted by molar-refractivity contribution is -0.143. The molecular weight excluding hydrogens is 348 g/mol. The first kappa shape index (κ1) is 17.1. The van der Waals surface area contributed by atoms with Crippen LogP contribution in [0.2, 0.25) is 0 Å². The quantitative estimate of drug-likeness (QED) is 0.829. The number of ether oxygens (including phenoxy) is 2. The molecule has 1 aliphatic rings. The minimum absolute atomic E-state index is 0.142. The Hall–Kier alpha value is -1.23. The lowest BCUT2D eigenvalue weighted by atomic mass is 9.74. The van der Waals surface area contributed by atoms with Gasteiger partial charge in [0.2, 0.25) is 0 Å². The van der Waals surface area contributed by atoms with E-state index < -0.39 is 11.4 Å². The van der Waals surface area contributed by atoms with Crippen LogP contribution in [0.5, 0.6) is 11.5 Å². The average molecular weight is 371 g/mol. The monoisotopic (exact) mass is 370 g/mol. The number of halogens is 1. The van der Waals surface area contributed by atoms with E-state index in [1.54, 1.807) is 14.2 Å². The van der Waals surface area contributed by atoms with E-state index in [4.69, 9.17) is 9.47 Å². The topological polar surface area (TPSA) is 55.8 Å². The van der Waals surface area contributed by atoms with Crippen molar-refractivity contribution in [3.05, 3.63) is 21.7 Å². The van der Waals surface area contributed by atoms with Crippen LogP contribution in [0.15, 0.2) is 10.5 Å². The smallest absolute Gasteiger partial charge is 0.314 e. The number of methoxy groups -OCH3 is 2. The number of carbonyl (C=O) groups is 1. The van der Waals surface area contributed by atoms with Crippen molar-refractivity contribution < 1.29 is 19.4 Å². The van der Waals surface area contributed by atoms with Crippen LogP contribution < -0.4 is 9.47 Å². The highest BCUT2D eigenvalue weighted by Crippen LogP contribution is 2.51. The first-order valence-electron chi connectivity index (χ1n) is 7.57. The Morgan fingerprint density at radius 1 is 1.23 bits per heavy atom. The van der Waals surface area contributed by atoms with E-state index >= 15 is 0 Å². The molecule has 5 heteroatoms.